The minimum atomic E-state index is -1.02. The van der Waals surface area contributed by atoms with Gasteiger partial charge < -0.3 is 14.8 Å². The predicted octanol–water partition coefficient (Wildman–Crippen LogP) is -3.18. The second-order valence-corrected chi connectivity index (χ2v) is 2.31. The third-order valence-corrected chi connectivity index (χ3v) is 1.61. The van der Waals surface area contributed by atoms with Gasteiger partial charge in [0, 0.05) is 13.1 Å². The van der Waals surface area contributed by atoms with E-state index in [1.54, 1.807) is 0 Å². The molecule has 0 N–H and O–H groups in total. The number of nitrogens with zero attached hydrogens (tertiary/aromatic N) is 1. The molecule has 1 aliphatic heterocycles. The molecule has 3 nitrogen and oxygen atoms in total. The van der Waals surface area contributed by atoms with Gasteiger partial charge in [-0.15, -0.1) is 0 Å². The van der Waals surface area contributed by atoms with Crippen LogP contribution in [0.5, 0.6) is 0 Å². The number of amides is 1. The Morgan fingerprint density at radius 2 is 1.70 bits per heavy atom. The van der Waals surface area contributed by atoms with E-state index in [9.17, 15) is 9.90 Å². The van der Waals surface area contributed by atoms with Gasteiger partial charge in [0.1, 0.15) is 6.09 Å². The van der Waals surface area contributed by atoms with Crippen LogP contribution >= 0.6 is 0 Å². The molecule has 1 aliphatic rings. The van der Waals surface area contributed by atoms with Crippen LogP contribution in [0.4, 0.5) is 4.79 Å². The molecule has 0 spiro atoms. The second kappa shape index (κ2) is 5.54. The molecule has 0 atom stereocenters. The smallest absolute Gasteiger partial charge is 0.530 e. The van der Waals surface area contributed by atoms with Gasteiger partial charge in [-0.2, -0.15) is 0 Å². The van der Waals surface area contributed by atoms with Crippen molar-refractivity contribution in [1.82, 2.24) is 4.90 Å². The van der Waals surface area contributed by atoms with Crippen molar-refractivity contribution in [1.29, 1.82) is 0 Å². The topological polar surface area (TPSA) is 43.4 Å². The van der Waals surface area contributed by atoms with Crippen LogP contribution in [-0.2, 0) is 0 Å². The van der Waals surface area contributed by atoms with E-state index < -0.39 is 6.09 Å². The minimum Gasteiger partial charge on any atom is -0.530 e. The molecular weight excluding hydrogens is 157 g/mol. The number of carbonyl (C=O) groups is 1. The zero-order valence-electron chi connectivity index (χ0n) is 6.30. The molecule has 0 aromatic carbocycles. The first-order valence-electron chi connectivity index (χ1n) is 3.26. The normalized spacial score (nSPS) is 17.8. The minimum absolute atomic E-state index is 0. The van der Waals surface area contributed by atoms with Crippen molar-refractivity contribution >= 4 is 6.09 Å². The standard InChI is InChI=1S/C6H11NO2.K/c8-6(9)7-4-2-1-3-5-7;/h1-5H2,(H,8,9);/q;+1/p-1. The van der Waals surface area contributed by atoms with E-state index in [0.29, 0.717) is 13.1 Å². The number of likely N-dealkylation sites (tertiary alicyclic amines) is 1. The molecule has 0 saturated carbocycles. The fourth-order valence-corrected chi connectivity index (χ4v) is 1.08. The summed E-state index contributed by atoms with van der Waals surface area (Å²) in [5.41, 5.74) is 0. The molecule has 0 unspecified atom stereocenters. The molecule has 1 amide bonds. The van der Waals surface area contributed by atoms with Gasteiger partial charge in [0.05, 0.1) is 0 Å². The molecule has 0 aromatic rings. The molecule has 0 radical (unpaired) electrons. The number of piperidine rings is 1. The average molecular weight is 167 g/mol. The number of carboxylic acid groups (broad SMARTS) is 1. The fraction of sp³-hybridized carbons (Fsp3) is 0.833. The number of hydrogen-bond acceptors (Lipinski definition) is 2. The SMILES string of the molecule is O=C([O-])N1CCCCC1.[K+]. The molecule has 0 aliphatic carbocycles. The van der Waals surface area contributed by atoms with E-state index in [-0.39, 0.29) is 51.4 Å². The summed E-state index contributed by atoms with van der Waals surface area (Å²) in [6.45, 7) is 1.34. The molecule has 52 valence electrons. The van der Waals surface area contributed by atoms with Crippen LogP contribution in [0.15, 0.2) is 0 Å². The summed E-state index contributed by atoms with van der Waals surface area (Å²) in [4.78, 5) is 11.5. The Morgan fingerprint density at radius 1 is 1.20 bits per heavy atom. The van der Waals surface area contributed by atoms with Gasteiger partial charge in [-0.05, 0) is 19.3 Å². The van der Waals surface area contributed by atoms with E-state index in [1.165, 1.54) is 4.90 Å². The maximum atomic E-state index is 10.2. The van der Waals surface area contributed by atoms with E-state index in [2.05, 4.69) is 0 Å². The molecule has 4 heteroatoms. The monoisotopic (exact) mass is 167 g/mol. The third kappa shape index (κ3) is 3.34. The van der Waals surface area contributed by atoms with Crippen molar-refractivity contribution in [2.45, 2.75) is 19.3 Å². The van der Waals surface area contributed by atoms with Crippen molar-refractivity contribution in [3.8, 4) is 0 Å². The maximum absolute atomic E-state index is 10.2. The van der Waals surface area contributed by atoms with Crippen molar-refractivity contribution in [2.24, 2.45) is 0 Å². The van der Waals surface area contributed by atoms with Crippen LogP contribution in [0.1, 0.15) is 19.3 Å². The Balaban J connectivity index is 0.000000810. The van der Waals surface area contributed by atoms with E-state index in [0.717, 1.165) is 19.3 Å². The number of hydrogen-bond donors (Lipinski definition) is 0. The van der Waals surface area contributed by atoms with E-state index >= 15 is 0 Å². The summed E-state index contributed by atoms with van der Waals surface area (Å²) >= 11 is 0. The van der Waals surface area contributed by atoms with Gasteiger partial charge in [0.15, 0.2) is 0 Å². The quantitative estimate of drug-likeness (QED) is 0.357. The van der Waals surface area contributed by atoms with Crippen molar-refractivity contribution in [3.05, 3.63) is 0 Å². The zero-order chi connectivity index (χ0) is 6.69. The van der Waals surface area contributed by atoms with Crippen LogP contribution in [0.2, 0.25) is 0 Å². The molecule has 0 aromatic heterocycles. The summed E-state index contributed by atoms with van der Waals surface area (Å²) < 4.78 is 0. The van der Waals surface area contributed by atoms with Gasteiger partial charge in [0.25, 0.3) is 0 Å². The summed E-state index contributed by atoms with van der Waals surface area (Å²) in [6, 6.07) is 0. The van der Waals surface area contributed by atoms with Gasteiger partial charge in [-0.3, -0.25) is 0 Å². The van der Waals surface area contributed by atoms with Crippen LogP contribution in [0, 0.1) is 0 Å². The Hall–Kier alpha value is 0.906. The van der Waals surface area contributed by atoms with E-state index in [4.69, 9.17) is 0 Å². The summed E-state index contributed by atoms with van der Waals surface area (Å²) in [7, 11) is 0. The Bertz CT molecular complexity index is 112. The van der Waals surface area contributed by atoms with Gasteiger partial charge in [0.2, 0.25) is 0 Å². The number of carbonyl (C=O) groups excluding carboxylic acids is 1. The first-order valence-corrected chi connectivity index (χ1v) is 3.26. The van der Waals surface area contributed by atoms with Crippen LogP contribution in [0.25, 0.3) is 0 Å². The summed E-state index contributed by atoms with van der Waals surface area (Å²) in [5.74, 6) is 0. The molecule has 1 rings (SSSR count). The summed E-state index contributed by atoms with van der Waals surface area (Å²) in [6.07, 6.45) is 2.13. The molecule has 0 bridgehead atoms. The van der Waals surface area contributed by atoms with Crippen molar-refractivity contribution in [2.75, 3.05) is 13.1 Å². The Labute approximate surface area is 103 Å². The van der Waals surface area contributed by atoms with Crippen LogP contribution in [-0.4, -0.2) is 24.1 Å². The molecular formula is C6H10KNO2. The molecule has 10 heavy (non-hydrogen) atoms. The zero-order valence-corrected chi connectivity index (χ0v) is 9.42. The van der Waals surface area contributed by atoms with E-state index in [1.807, 2.05) is 0 Å². The van der Waals surface area contributed by atoms with Gasteiger partial charge in [-0.1, -0.05) is 0 Å². The third-order valence-electron chi connectivity index (χ3n) is 1.61. The second-order valence-electron chi connectivity index (χ2n) is 2.31. The summed E-state index contributed by atoms with van der Waals surface area (Å²) in [5, 5.41) is 10.2. The fourth-order valence-electron chi connectivity index (χ4n) is 1.08. The molecule has 1 saturated heterocycles. The average Bonchev–Trinajstić information content (AvgIpc) is 1.90. The first-order chi connectivity index (χ1) is 4.30. The number of rotatable bonds is 0. The van der Waals surface area contributed by atoms with Crippen LogP contribution < -0.4 is 56.5 Å². The largest absolute Gasteiger partial charge is 1.00 e. The van der Waals surface area contributed by atoms with Crippen molar-refractivity contribution < 1.29 is 61.3 Å². The maximum Gasteiger partial charge on any atom is 1.00 e. The first kappa shape index (κ1) is 10.9. The Kier molecular flexibility index (Phi) is 6.05. The van der Waals surface area contributed by atoms with Crippen molar-refractivity contribution in [3.63, 3.8) is 0 Å². The molecule has 1 heterocycles. The van der Waals surface area contributed by atoms with Gasteiger partial charge in [-0.25, -0.2) is 0 Å². The molecule has 1 fully saturated rings. The van der Waals surface area contributed by atoms with Gasteiger partial charge >= 0.3 is 51.4 Å². The van der Waals surface area contributed by atoms with Crippen LogP contribution in [0.3, 0.4) is 0 Å². The predicted molar refractivity (Wildman–Crippen MR) is 30.8 cm³/mol. The Morgan fingerprint density at radius 3 is 2.00 bits per heavy atom.